The molecule has 0 heterocycles. The van der Waals surface area contributed by atoms with Gasteiger partial charge in [0.25, 0.3) is 5.91 Å². The summed E-state index contributed by atoms with van der Waals surface area (Å²) in [5, 5.41) is 0. The standard InChI is InChI=1S/C27H40N2O3/c1-2-3-4-5-6-7-8-9-10-11-12-21-31-25-17-13-23(14-18-25)22-32-26-19-15-24(16-20-26)27(30)29-28/h13-20H,2-12,21-22,28H2,1H3,(H,29,30). The van der Waals surface area contributed by atoms with E-state index in [1.807, 2.05) is 24.3 Å². The lowest BCUT2D eigenvalue weighted by atomic mass is 10.1. The quantitative estimate of drug-likeness (QED) is 0.126. The molecular weight excluding hydrogens is 400 g/mol. The minimum absolute atomic E-state index is 0.319. The monoisotopic (exact) mass is 440 g/mol. The normalized spacial score (nSPS) is 10.7. The van der Waals surface area contributed by atoms with E-state index in [2.05, 4.69) is 12.3 Å². The van der Waals surface area contributed by atoms with Crippen molar-refractivity contribution in [2.45, 2.75) is 84.2 Å². The van der Waals surface area contributed by atoms with Gasteiger partial charge in [-0.15, -0.1) is 0 Å². The summed E-state index contributed by atoms with van der Waals surface area (Å²) in [4.78, 5) is 11.4. The van der Waals surface area contributed by atoms with E-state index in [1.165, 1.54) is 64.2 Å². The Morgan fingerprint density at radius 1 is 0.719 bits per heavy atom. The van der Waals surface area contributed by atoms with Gasteiger partial charge in [-0.05, 0) is 48.4 Å². The fraction of sp³-hybridized carbons (Fsp3) is 0.519. The van der Waals surface area contributed by atoms with E-state index in [9.17, 15) is 4.79 Å². The molecule has 0 unspecified atom stereocenters. The summed E-state index contributed by atoms with van der Waals surface area (Å²) in [5.41, 5.74) is 3.68. The van der Waals surface area contributed by atoms with Gasteiger partial charge in [0.15, 0.2) is 0 Å². The Bertz CT molecular complexity index is 745. The smallest absolute Gasteiger partial charge is 0.265 e. The van der Waals surface area contributed by atoms with Crippen molar-refractivity contribution in [1.82, 2.24) is 5.43 Å². The van der Waals surface area contributed by atoms with E-state index >= 15 is 0 Å². The molecule has 1 amide bonds. The molecule has 2 rings (SSSR count). The Kier molecular flexibility index (Phi) is 13.0. The van der Waals surface area contributed by atoms with Crippen LogP contribution in [-0.2, 0) is 6.61 Å². The average molecular weight is 441 g/mol. The molecule has 0 saturated carbocycles. The van der Waals surface area contributed by atoms with Crippen LogP contribution in [0.2, 0.25) is 0 Å². The highest BCUT2D eigenvalue weighted by molar-refractivity contribution is 5.93. The van der Waals surface area contributed by atoms with Crippen LogP contribution >= 0.6 is 0 Å². The third-order valence-corrected chi connectivity index (χ3v) is 5.59. The van der Waals surface area contributed by atoms with Crippen molar-refractivity contribution in [2.75, 3.05) is 6.61 Å². The minimum atomic E-state index is -0.319. The molecule has 0 aromatic heterocycles. The number of unbranched alkanes of at least 4 members (excludes halogenated alkanes) is 10. The second kappa shape index (κ2) is 16.2. The zero-order valence-corrected chi connectivity index (χ0v) is 19.6. The Morgan fingerprint density at radius 2 is 1.22 bits per heavy atom. The first-order valence-electron chi connectivity index (χ1n) is 12.2. The van der Waals surface area contributed by atoms with Crippen LogP contribution in [-0.4, -0.2) is 12.5 Å². The number of amides is 1. The van der Waals surface area contributed by atoms with E-state index in [4.69, 9.17) is 15.3 Å². The maximum absolute atomic E-state index is 11.4. The Hall–Kier alpha value is -2.53. The largest absolute Gasteiger partial charge is 0.494 e. The summed E-state index contributed by atoms with van der Waals surface area (Å²) in [6, 6.07) is 14.9. The molecule has 0 radical (unpaired) electrons. The zero-order chi connectivity index (χ0) is 22.9. The van der Waals surface area contributed by atoms with E-state index in [0.29, 0.717) is 17.9 Å². The number of rotatable bonds is 17. The highest BCUT2D eigenvalue weighted by atomic mass is 16.5. The van der Waals surface area contributed by atoms with Gasteiger partial charge in [0, 0.05) is 5.56 Å². The molecule has 5 nitrogen and oxygen atoms in total. The van der Waals surface area contributed by atoms with Crippen molar-refractivity contribution in [3.8, 4) is 11.5 Å². The molecule has 0 aliphatic rings. The van der Waals surface area contributed by atoms with Crippen LogP contribution < -0.4 is 20.7 Å². The van der Waals surface area contributed by atoms with Crippen LogP contribution in [0.4, 0.5) is 0 Å². The molecular formula is C27H40N2O3. The molecule has 5 heteroatoms. The van der Waals surface area contributed by atoms with Gasteiger partial charge in [-0.1, -0.05) is 83.3 Å². The van der Waals surface area contributed by atoms with Crippen molar-refractivity contribution in [3.05, 3.63) is 59.7 Å². The minimum Gasteiger partial charge on any atom is -0.494 e. The first kappa shape index (κ1) is 25.7. The summed E-state index contributed by atoms with van der Waals surface area (Å²) in [5.74, 6) is 6.42. The molecule has 176 valence electrons. The van der Waals surface area contributed by atoms with Crippen molar-refractivity contribution in [2.24, 2.45) is 5.84 Å². The van der Waals surface area contributed by atoms with E-state index in [-0.39, 0.29) is 5.91 Å². The van der Waals surface area contributed by atoms with Gasteiger partial charge in [-0.25, -0.2) is 5.84 Å². The average Bonchev–Trinajstić information content (AvgIpc) is 2.84. The number of ether oxygens (including phenoxy) is 2. The Morgan fingerprint density at radius 3 is 1.78 bits per heavy atom. The second-order valence-corrected chi connectivity index (χ2v) is 8.31. The van der Waals surface area contributed by atoms with Crippen molar-refractivity contribution in [3.63, 3.8) is 0 Å². The first-order chi connectivity index (χ1) is 15.7. The number of nitrogens with two attached hydrogens (primary N) is 1. The second-order valence-electron chi connectivity index (χ2n) is 8.31. The number of benzene rings is 2. The predicted octanol–water partition coefficient (Wildman–Crippen LogP) is 6.56. The molecule has 0 bridgehead atoms. The summed E-state index contributed by atoms with van der Waals surface area (Å²) in [7, 11) is 0. The molecule has 2 aromatic carbocycles. The topological polar surface area (TPSA) is 73.6 Å². The number of nitrogen functional groups attached to an aromatic ring is 1. The molecule has 0 atom stereocenters. The maximum Gasteiger partial charge on any atom is 0.265 e. The molecule has 0 aliphatic carbocycles. The number of hydrogen-bond acceptors (Lipinski definition) is 4. The number of hydrogen-bond donors (Lipinski definition) is 2. The molecule has 0 saturated heterocycles. The lowest BCUT2D eigenvalue weighted by molar-refractivity contribution is 0.0953. The summed E-state index contributed by atoms with van der Waals surface area (Å²) >= 11 is 0. The molecule has 32 heavy (non-hydrogen) atoms. The third kappa shape index (κ3) is 10.7. The summed E-state index contributed by atoms with van der Waals surface area (Å²) in [6.45, 7) is 3.50. The molecule has 3 N–H and O–H groups in total. The first-order valence-corrected chi connectivity index (χ1v) is 12.2. The van der Waals surface area contributed by atoms with Crippen LogP contribution in [0.15, 0.2) is 48.5 Å². The van der Waals surface area contributed by atoms with E-state index < -0.39 is 0 Å². The van der Waals surface area contributed by atoms with Crippen molar-refractivity contribution >= 4 is 5.91 Å². The SMILES string of the molecule is CCCCCCCCCCCCCOc1ccc(COc2ccc(C(=O)NN)cc2)cc1. The van der Waals surface area contributed by atoms with Gasteiger partial charge >= 0.3 is 0 Å². The summed E-state index contributed by atoms with van der Waals surface area (Å²) < 4.78 is 11.6. The number of carbonyl (C=O) groups excluding carboxylic acids is 1. The van der Waals surface area contributed by atoms with Gasteiger partial charge in [0.1, 0.15) is 18.1 Å². The highest BCUT2D eigenvalue weighted by Crippen LogP contribution is 2.17. The fourth-order valence-corrected chi connectivity index (χ4v) is 3.59. The molecule has 0 spiro atoms. The van der Waals surface area contributed by atoms with Gasteiger partial charge in [0.2, 0.25) is 0 Å². The third-order valence-electron chi connectivity index (χ3n) is 5.59. The molecule has 2 aromatic rings. The fourth-order valence-electron chi connectivity index (χ4n) is 3.59. The lowest BCUT2D eigenvalue weighted by Crippen LogP contribution is -2.29. The van der Waals surface area contributed by atoms with Gasteiger partial charge < -0.3 is 9.47 Å². The molecule has 0 fully saturated rings. The summed E-state index contributed by atoms with van der Waals surface area (Å²) in [6.07, 6.45) is 14.7. The number of nitrogens with one attached hydrogen (secondary N) is 1. The number of carbonyl (C=O) groups is 1. The Balaban J connectivity index is 1.52. The van der Waals surface area contributed by atoms with Gasteiger partial charge in [-0.2, -0.15) is 0 Å². The van der Waals surface area contributed by atoms with Crippen LogP contribution in [0, 0.1) is 0 Å². The van der Waals surface area contributed by atoms with Crippen molar-refractivity contribution in [1.29, 1.82) is 0 Å². The van der Waals surface area contributed by atoms with E-state index in [1.54, 1.807) is 24.3 Å². The maximum atomic E-state index is 11.4. The molecule has 0 aliphatic heterocycles. The van der Waals surface area contributed by atoms with E-state index in [0.717, 1.165) is 24.3 Å². The van der Waals surface area contributed by atoms with Gasteiger partial charge in [0.05, 0.1) is 6.61 Å². The van der Waals surface area contributed by atoms with Crippen LogP contribution in [0.3, 0.4) is 0 Å². The lowest BCUT2D eigenvalue weighted by Gasteiger charge is -2.09. The highest BCUT2D eigenvalue weighted by Gasteiger charge is 2.03. The Labute approximate surface area is 193 Å². The van der Waals surface area contributed by atoms with Gasteiger partial charge in [-0.3, -0.25) is 10.2 Å². The van der Waals surface area contributed by atoms with Crippen LogP contribution in [0.5, 0.6) is 11.5 Å². The predicted molar refractivity (Wildman–Crippen MR) is 131 cm³/mol. The number of hydrazine groups is 1. The van der Waals surface area contributed by atoms with Crippen LogP contribution in [0.25, 0.3) is 0 Å². The van der Waals surface area contributed by atoms with Crippen LogP contribution in [0.1, 0.15) is 93.5 Å². The van der Waals surface area contributed by atoms with Crippen molar-refractivity contribution < 1.29 is 14.3 Å². The zero-order valence-electron chi connectivity index (χ0n) is 19.6.